The van der Waals surface area contributed by atoms with Crippen LogP contribution in [0.4, 0.5) is 19.1 Å². The topological polar surface area (TPSA) is 95.9 Å². The molecule has 0 spiro atoms. The van der Waals surface area contributed by atoms with Crippen LogP contribution in [-0.4, -0.2) is 44.9 Å². The number of alkyl halides is 3. The predicted octanol–water partition coefficient (Wildman–Crippen LogP) is 0.921. The Kier molecular flexibility index (Phi) is 4.94. The van der Waals surface area contributed by atoms with Gasteiger partial charge in [-0.05, 0) is 17.5 Å². The lowest BCUT2D eigenvalue weighted by Crippen LogP contribution is -2.40. The third-order valence-electron chi connectivity index (χ3n) is 4.35. The largest absolute Gasteiger partial charge is 0.405 e. The molecule has 0 aliphatic carbocycles. The summed E-state index contributed by atoms with van der Waals surface area (Å²) in [4.78, 5) is 33.1. The first kappa shape index (κ1) is 18.9. The van der Waals surface area contributed by atoms with Crippen LogP contribution in [0.5, 0.6) is 0 Å². The van der Waals surface area contributed by atoms with Crippen molar-refractivity contribution < 1.29 is 18.0 Å². The number of amides is 1. The zero-order valence-electron chi connectivity index (χ0n) is 14.9. The van der Waals surface area contributed by atoms with E-state index in [0.29, 0.717) is 48.8 Å². The molecule has 0 aromatic carbocycles. The van der Waals surface area contributed by atoms with Crippen LogP contribution < -0.4 is 15.8 Å². The van der Waals surface area contributed by atoms with Crippen molar-refractivity contribution >= 4 is 11.9 Å². The van der Waals surface area contributed by atoms with Gasteiger partial charge < -0.3 is 15.2 Å². The van der Waals surface area contributed by atoms with Crippen molar-refractivity contribution in [2.45, 2.75) is 32.5 Å². The van der Waals surface area contributed by atoms with Gasteiger partial charge in [0.05, 0.1) is 0 Å². The van der Waals surface area contributed by atoms with E-state index in [1.165, 1.54) is 6.20 Å². The number of aromatic amines is 1. The van der Waals surface area contributed by atoms with Crippen LogP contribution in [0.25, 0.3) is 0 Å². The van der Waals surface area contributed by atoms with Gasteiger partial charge in [0.15, 0.2) is 5.82 Å². The second-order valence-electron chi connectivity index (χ2n) is 6.27. The van der Waals surface area contributed by atoms with E-state index in [4.69, 9.17) is 0 Å². The Morgan fingerprint density at radius 1 is 1.41 bits per heavy atom. The van der Waals surface area contributed by atoms with Crippen molar-refractivity contribution in [2.75, 3.05) is 18.0 Å². The molecular formula is C16H19F3N6O2. The fourth-order valence-corrected chi connectivity index (χ4v) is 3.10. The fraction of sp³-hybridized carbons (Fsp3) is 0.500. The van der Waals surface area contributed by atoms with E-state index in [1.807, 2.05) is 11.8 Å². The molecule has 27 heavy (non-hydrogen) atoms. The van der Waals surface area contributed by atoms with E-state index >= 15 is 0 Å². The number of hydrogen-bond acceptors (Lipinski definition) is 5. The number of pyridine rings is 1. The average molecular weight is 384 g/mol. The number of fused-ring (bicyclic) bond motifs is 1. The van der Waals surface area contributed by atoms with Gasteiger partial charge in [0.1, 0.15) is 12.1 Å². The third-order valence-corrected chi connectivity index (χ3v) is 4.35. The molecule has 2 N–H and O–H groups in total. The van der Waals surface area contributed by atoms with Gasteiger partial charge in [-0.25, -0.2) is 4.68 Å². The Hall–Kier alpha value is -2.85. The number of hydrogen-bond donors (Lipinski definition) is 2. The molecule has 3 heterocycles. The van der Waals surface area contributed by atoms with Crippen molar-refractivity contribution in [3.63, 3.8) is 0 Å². The molecule has 0 radical (unpaired) electrons. The highest BCUT2D eigenvalue weighted by atomic mass is 19.4. The normalized spacial score (nSPS) is 14.2. The molecule has 0 saturated heterocycles. The Morgan fingerprint density at radius 2 is 2.15 bits per heavy atom. The molecule has 11 heteroatoms. The number of H-pyrrole nitrogens is 1. The van der Waals surface area contributed by atoms with E-state index in [1.54, 1.807) is 17.0 Å². The van der Waals surface area contributed by atoms with Gasteiger partial charge in [0, 0.05) is 32.8 Å². The number of aromatic nitrogens is 4. The maximum atomic E-state index is 12.4. The minimum atomic E-state index is -4.55. The Morgan fingerprint density at radius 3 is 2.78 bits per heavy atom. The Labute approximate surface area is 152 Å². The molecule has 3 rings (SSSR count). The third kappa shape index (κ3) is 3.96. The van der Waals surface area contributed by atoms with E-state index < -0.39 is 24.2 Å². The second kappa shape index (κ2) is 7.05. The molecule has 146 valence electrons. The van der Waals surface area contributed by atoms with Gasteiger partial charge >= 0.3 is 6.18 Å². The second-order valence-corrected chi connectivity index (χ2v) is 6.27. The predicted molar refractivity (Wildman–Crippen MR) is 90.6 cm³/mol. The van der Waals surface area contributed by atoms with Crippen LogP contribution in [0.15, 0.2) is 11.0 Å². The first-order chi connectivity index (χ1) is 12.7. The standard InChI is InChI=1S/C16H19F3N6O2/c1-3-11-22-15(24(2)23-11)25-5-4-10-9(7-25)6-20-13(26)12(10)14(27)21-8-16(17,18)19/h6H,3-5,7-8H2,1-2H3,(H,20,26)(H,21,27). The maximum Gasteiger partial charge on any atom is 0.405 e. The highest BCUT2D eigenvalue weighted by Crippen LogP contribution is 2.24. The quantitative estimate of drug-likeness (QED) is 0.817. The maximum absolute atomic E-state index is 12.4. The van der Waals surface area contributed by atoms with Gasteiger partial charge in [0.2, 0.25) is 5.95 Å². The lowest BCUT2D eigenvalue weighted by molar-refractivity contribution is -0.123. The number of carbonyl (C=O) groups excluding carboxylic acids is 1. The molecule has 0 unspecified atom stereocenters. The molecule has 1 aliphatic rings. The van der Waals surface area contributed by atoms with Crippen LogP contribution in [-0.2, 0) is 26.4 Å². The van der Waals surface area contributed by atoms with Crippen LogP contribution in [0.2, 0.25) is 0 Å². The van der Waals surface area contributed by atoms with E-state index in [-0.39, 0.29) is 5.56 Å². The molecule has 2 aromatic rings. The van der Waals surface area contributed by atoms with Gasteiger partial charge in [-0.1, -0.05) is 6.92 Å². The van der Waals surface area contributed by atoms with Crippen LogP contribution >= 0.6 is 0 Å². The fourth-order valence-electron chi connectivity index (χ4n) is 3.10. The van der Waals surface area contributed by atoms with Crippen LogP contribution in [0, 0.1) is 0 Å². The number of aryl methyl sites for hydroxylation is 2. The SMILES string of the molecule is CCc1nc(N2CCc3c(c[nH]c(=O)c3C(=O)NCC(F)(F)F)C2)n(C)n1. The minimum absolute atomic E-state index is 0.261. The van der Waals surface area contributed by atoms with Crippen molar-refractivity contribution in [3.05, 3.63) is 39.1 Å². The number of rotatable bonds is 4. The Bertz CT molecular complexity index is 918. The lowest BCUT2D eigenvalue weighted by atomic mass is 9.96. The number of anilines is 1. The first-order valence-corrected chi connectivity index (χ1v) is 8.43. The Balaban J connectivity index is 1.87. The molecule has 0 saturated carbocycles. The monoisotopic (exact) mass is 384 g/mol. The highest BCUT2D eigenvalue weighted by molar-refractivity contribution is 5.95. The van der Waals surface area contributed by atoms with Gasteiger partial charge in [-0.15, -0.1) is 0 Å². The van der Waals surface area contributed by atoms with Gasteiger partial charge in [0.25, 0.3) is 11.5 Å². The molecule has 8 nitrogen and oxygen atoms in total. The molecule has 1 aliphatic heterocycles. The molecule has 0 bridgehead atoms. The minimum Gasteiger partial charge on any atom is -0.343 e. The molecule has 0 atom stereocenters. The number of nitrogens with zero attached hydrogens (tertiary/aromatic N) is 4. The summed E-state index contributed by atoms with van der Waals surface area (Å²) in [5.41, 5.74) is 0.170. The molecule has 1 amide bonds. The van der Waals surface area contributed by atoms with Crippen molar-refractivity contribution in [3.8, 4) is 0 Å². The van der Waals surface area contributed by atoms with Crippen molar-refractivity contribution in [1.82, 2.24) is 25.1 Å². The zero-order chi connectivity index (χ0) is 19.8. The first-order valence-electron chi connectivity index (χ1n) is 8.43. The zero-order valence-corrected chi connectivity index (χ0v) is 14.9. The number of carbonyl (C=O) groups is 1. The van der Waals surface area contributed by atoms with Crippen molar-refractivity contribution in [2.24, 2.45) is 7.05 Å². The average Bonchev–Trinajstić information content (AvgIpc) is 2.99. The highest BCUT2D eigenvalue weighted by Gasteiger charge is 2.31. The smallest absolute Gasteiger partial charge is 0.343 e. The summed E-state index contributed by atoms with van der Waals surface area (Å²) in [7, 11) is 1.78. The number of nitrogens with one attached hydrogen (secondary N) is 2. The summed E-state index contributed by atoms with van der Waals surface area (Å²) >= 11 is 0. The molecule has 0 fully saturated rings. The van der Waals surface area contributed by atoms with E-state index in [2.05, 4.69) is 15.1 Å². The number of halogens is 3. The van der Waals surface area contributed by atoms with E-state index in [9.17, 15) is 22.8 Å². The molecule has 2 aromatic heterocycles. The summed E-state index contributed by atoms with van der Waals surface area (Å²) in [6.45, 7) is 1.29. The summed E-state index contributed by atoms with van der Waals surface area (Å²) in [6.07, 6.45) is -2.03. The summed E-state index contributed by atoms with van der Waals surface area (Å²) in [6, 6.07) is 0. The van der Waals surface area contributed by atoms with Crippen molar-refractivity contribution in [1.29, 1.82) is 0 Å². The van der Waals surface area contributed by atoms with Gasteiger partial charge in [-0.2, -0.15) is 23.3 Å². The summed E-state index contributed by atoms with van der Waals surface area (Å²) in [5, 5.41) is 6.07. The lowest BCUT2D eigenvalue weighted by Gasteiger charge is -2.29. The molecular weight excluding hydrogens is 365 g/mol. The van der Waals surface area contributed by atoms with Gasteiger partial charge in [-0.3, -0.25) is 9.59 Å². The van der Waals surface area contributed by atoms with Crippen LogP contribution in [0.3, 0.4) is 0 Å². The summed E-state index contributed by atoms with van der Waals surface area (Å²) < 4.78 is 38.7. The van der Waals surface area contributed by atoms with Crippen LogP contribution in [0.1, 0.15) is 34.2 Å². The summed E-state index contributed by atoms with van der Waals surface area (Å²) in [5.74, 6) is 0.338. The van der Waals surface area contributed by atoms with E-state index in [0.717, 1.165) is 0 Å².